The fourth-order valence-corrected chi connectivity index (χ4v) is 2.86. The summed E-state index contributed by atoms with van der Waals surface area (Å²) in [7, 11) is 5.05. The van der Waals surface area contributed by atoms with Gasteiger partial charge in [-0.3, -0.25) is 0 Å². The van der Waals surface area contributed by atoms with Crippen LogP contribution in [0.4, 0.5) is 0 Å². The molecule has 21 heavy (non-hydrogen) atoms. The summed E-state index contributed by atoms with van der Waals surface area (Å²) in [5.41, 5.74) is 1.96. The van der Waals surface area contributed by atoms with E-state index in [1.54, 1.807) is 14.2 Å². The smallest absolute Gasteiger partial charge is 0.146 e. The molecule has 1 unspecified atom stereocenters. The second-order valence-electron chi connectivity index (χ2n) is 4.48. The van der Waals surface area contributed by atoms with Gasteiger partial charge in [-0.05, 0) is 36.9 Å². The van der Waals surface area contributed by atoms with Crippen LogP contribution in [0.1, 0.15) is 17.2 Å². The number of methoxy groups -OCH3 is 2. The van der Waals surface area contributed by atoms with Crippen LogP contribution >= 0.6 is 23.2 Å². The molecule has 0 heterocycles. The Hall–Kier alpha value is -1.42. The van der Waals surface area contributed by atoms with Crippen molar-refractivity contribution < 1.29 is 9.47 Å². The van der Waals surface area contributed by atoms with Gasteiger partial charge in [-0.2, -0.15) is 0 Å². The quantitative estimate of drug-likeness (QED) is 0.888. The van der Waals surface area contributed by atoms with Crippen LogP contribution in [0.25, 0.3) is 0 Å². The molecule has 2 rings (SSSR count). The molecule has 0 radical (unpaired) electrons. The van der Waals surface area contributed by atoms with Crippen LogP contribution in [0.3, 0.4) is 0 Å². The lowest BCUT2D eigenvalue weighted by Gasteiger charge is -2.21. The maximum Gasteiger partial charge on any atom is 0.146 e. The molecule has 0 amide bonds. The van der Waals surface area contributed by atoms with Gasteiger partial charge in [0.15, 0.2) is 0 Å². The maximum atomic E-state index is 6.33. The highest BCUT2D eigenvalue weighted by atomic mass is 35.5. The van der Waals surface area contributed by atoms with Crippen molar-refractivity contribution in [3.05, 3.63) is 57.6 Å². The molecule has 2 aromatic carbocycles. The maximum absolute atomic E-state index is 6.33. The molecule has 5 heteroatoms. The SMILES string of the molecule is CNC(c1cccc(Cl)c1)c1ccc(OC)c(Cl)c1OC. The molecule has 0 aliphatic rings. The number of rotatable bonds is 5. The van der Waals surface area contributed by atoms with Gasteiger partial charge in [-0.15, -0.1) is 0 Å². The molecule has 3 nitrogen and oxygen atoms in total. The summed E-state index contributed by atoms with van der Waals surface area (Å²) in [6.45, 7) is 0. The third kappa shape index (κ3) is 3.26. The molecular formula is C16H17Cl2NO2. The fourth-order valence-electron chi connectivity index (χ4n) is 2.33. The highest BCUT2D eigenvalue weighted by Crippen LogP contribution is 2.41. The third-order valence-corrected chi connectivity index (χ3v) is 3.89. The molecule has 0 aliphatic heterocycles. The van der Waals surface area contributed by atoms with Crippen LogP contribution in [-0.4, -0.2) is 21.3 Å². The van der Waals surface area contributed by atoms with Gasteiger partial charge < -0.3 is 14.8 Å². The van der Waals surface area contributed by atoms with Crippen LogP contribution in [0.5, 0.6) is 11.5 Å². The summed E-state index contributed by atoms with van der Waals surface area (Å²) in [5.74, 6) is 1.17. The Labute approximate surface area is 134 Å². The van der Waals surface area contributed by atoms with E-state index in [-0.39, 0.29) is 6.04 Å². The summed E-state index contributed by atoms with van der Waals surface area (Å²) in [6, 6.07) is 11.4. The standard InChI is InChI=1S/C16H17Cl2NO2/c1-19-15(10-5-4-6-11(17)9-10)12-7-8-13(20-2)14(18)16(12)21-3/h4-9,15,19H,1-3H3. The monoisotopic (exact) mass is 325 g/mol. The molecule has 2 aromatic rings. The van der Waals surface area contributed by atoms with Crippen molar-refractivity contribution in [3.8, 4) is 11.5 Å². The molecule has 0 saturated carbocycles. The molecule has 0 aliphatic carbocycles. The summed E-state index contributed by atoms with van der Waals surface area (Å²) in [4.78, 5) is 0. The Morgan fingerprint density at radius 2 is 1.81 bits per heavy atom. The van der Waals surface area contributed by atoms with Gasteiger partial charge in [-0.25, -0.2) is 0 Å². The van der Waals surface area contributed by atoms with E-state index in [0.29, 0.717) is 21.5 Å². The van der Waals surface area contributed by atoms with E-state index in [1.807, 2.05) is 43.4 Å². The first-order chi connectivity index (χ1) is 10.1. The van der Waals surface area contributed by atoms with Crippen LogP contribution in [0, 0.1) is 0 Å². The van der Waals surface area contributed by atoms with Crippen LogP contribution < -0.4 is 14.8 Å². The van der Waals surface area contributed by atoms with Gasteiger partial charge in [0.2, 0.25) is 0 Å². The minimum Gasteiger partial charge on any atom is -0.495 e. The first kappa shape index (κ1) is 16.0. The average molecular weight is 326 g/mol. The van der Waals surface area contributed by atoms with E-state index in [1.165, 1.54) is 0 Å². The molecular weight excluding hydrogens is 309 g/mol. The van der Waals surface area contributed by atoms with Crippen molar-refractivity contribution in [2.75, 3.05) is 21.3 Å². The second kappa shape index (κ2) is 7.03. The highest BCUT2D eigenvalue weighted by molar-refractivity contribution is 6.33. The molecule has 112 valence electrons. The van der Waals surface area contributed by atoms with E-state index in [9.17, 15) is 0 Å². The average Bonchev–Trinajstić information content (AvgIpc) is 2.48. The zero-order valence-electron chi connectivity index (χ0n) is 12.1. The summed E-state index contributed by atoms with van der Waals surface area (Å²) < 4.78 is 10.7. The number of ether oxygens (including phenoxy) is 2. The Morgan fingerprint density at radius 1 is 1.05 bits per heavy atom. The van der Waals surface area contributed by atoms with Crippen LogP contribution in [-0.2, 0) is 0 Å². The predicted molar refractivity (Wildman–Crippen MR) is 86.9 cm³/mol. The van der Waals surface area contributed by atoms with E-state index in [2.05, 4.69) is 5.32 Å². The number of nitrogens with one attached hydrogen (secondary N) is 1. The van der Waals surface area contributed by atoms with Gasteiger partial charge in [0.1, 0.15) is 16.5 Å². The lowest BCUT2D eigenvalue weighted by atomic mass is 9.97. The molecule has 0 spiro atoms. The van der Waals surface area contributed by atoms with Crippen molar-refractivity contribution in [2.24, 2.45) is 0 Å². The van der Waals surface area contributed by atoms with Crippen molar-refractivity contribution in [1.82, 2.24) is 5.32 Å². The number of benzene rings is 2. The molecule has 0 bridgehead atoms. The van der Waals surface area contributed by atoms with Gasteiger partial charge in [-0.1, -0.05) is 35.3 Å². The third-order valence-electron chi connectivity index (χ3n) is 3.30. The van der Waals surface area contributed by atoms with Crippen LogP contribution in [0.15, 0.2) is 36.4 Å². The molecule has 0 saturated heterocycles. The zero-order chi connectivity index (χ0) is 15.4. The number of hydrogen-bond acceptors (Lipinski definition) is 3. The van der Waals surface area contributed by atoms with E-state index < -0.39 is 0 Å². The van der Waals surface area contributed by atoms with Gasteiger partial charge in [0.25, 0.3) is 0 Å². The minimum absolute atomic E-state index is 0.0814. The normalized spacial score (nSPS) is 12.0. The van der Waals surface area contributed by atoms with Gasteiger partial charge in [0, 0.05) is 10.6 Å². The lowest BCUT2D eigenvalue weighted by Crippen LogP contribution is -2.18. The zero-order valence-corrected chi connectivity index (χ0v) is 13.6. The molecule has 0 aromatic heterocycles. The number of hydrogen-bond donors (Lipinski definition) is 1. The van der Waals surface area contributed by atoms with Crippen molar-refractivity contribution in [2.45, 2.75) is 6.04 Å². The van der Waals surface area contributed by atoms with Crippen LogP contribution in [0.2, 0.25) is 10.0 Å². The fraction of sp³-hybridized carbons (Fsp3) is 0.250. The van der Waals surface area contributed by atoms with E-state index in [4.69, 9.17) is 32.7 Å². The minimum atomic E-state index is -0.0814. The molecule has 1 N–H and O–H groups in total. The van der Waals surface area contributed by atoms with Crippen molar-refractivity contribution >= 4 is 23.2 Å². The first-order valence-corrected chi connectivity index (χ1v) is 7.21. The van der Waals surface area contributed by atoms with Crippen molar-refractivity contribution in [1.29, 1.82) is 0 Å². The Balaban J connectivity index is 2.55. The Bertz CT molecular complexity index is 632. The second-order valence-corrected chi connectivity index (χ2v) is 5.30. The number of halogens is 2. The summed E-state index contributed by atoms with van der Waals surface area (Å²) >= 11 is 12.4. The lowest BCUT2D eigenvalue weighted by molar-refractivity contribution is 0.388. The van der Waals surface area contributed by atoms with E-state index >= 15 is 0 Å². The van der Waals surface area contributed by atoms with E-state index in [0.717, 1.165) is 11.1 Å². The highest BCUT2D eigenvalue weighted by Gasteiger charge is 2.21. The molecule has 0 fully saturated rings. The largest absolute Gasteiger partial charge is 0.495 e. The topological polar surface area (TPSA) is 30.5 Å². The Morgan fingerprint density at radius 3 is 2.38 bits per heavy atom. The summed E-state index contributed by atoms with van der Waals surface area (Å²) in [5, 5.41) is 4.41. The van der Waals surface area contributed by atoms with Gasteiger partial charge >= 0.3 is 0 Å². The van der Waals surface area contributed by atoms with Gasteiger partial charge in [0.05, 0.1) is 20.3 Å². The molecule has 1 atom stereocenters. The predicted octanol–water partition coefficient (Wildman–Crippen LogP) is 4.32. The van der Waals surface area contributed by atoms with Crippen molar-refractivity contribution in [3.63, 3.8) is 0 Å². The first-order valence-electron chi connectivity index (χ1n) is 6.45. The Kier molecular flexibility index (Phi) is 5.34. The summed E-state index contributed by atoms with van der Waals surface area (Å²) in [6.07, 6.45) is 0.